The fourth-order valence-electron chi connectivity index (χ4n) is 0.839. The summed E-state index contributed by atoms with van der Waals surface area (Å²) in [6.45, 7) is 0. The number of aromatic carboxylic acids is 2. The van der Waals surface area contributed by atoms with Crippen LogP contribution in [0, 0.1) is 0 Å². The monoisotopic (exact) mass is 574 g/mol. The smallest absolute Gasteiger partial charge is 0.545 e. The maximum absolute atomic E-state index is 10.3. The third-order valence-electron chi connectivity index (χ3n) is 1.37. The van der Waals surface area contributed by atoms with Crippen molar-refractivity contribution in [2.45, 2.75) is 0 Å². The SMILES string of the molecule is O=C([O-])c1ccccc1C(=O)[O-].[Tl+].[Tl+]. The molecular formula is C8H4O4Tl2. The van der Waals surface area contributed by atoms with E-state index in [1.54, 1.807) is 0 Å². The first-order valence-electron chi connectivity index (χ1n) is 3.14. The van der Waals surface area contributed by atoms with Crippen molar-refractivity contribution in [3.8, 4) is 0 Å². The molecule has 66 valence electrons. The molecule has 0 amide bonds. The van der Waals surface area contributed by atoms with Gasteiger partial charge in [-0.2, -0.15) is 0 Å². The van der Waals surface area contributed by atoms with E-state index in [-0.39, 0.29) is 65.7 Å². The Kier molecular flexibility index (Phi) is 8.59. The molecule has 0 radical (unpaired) electrons. The van der Waals surface area contributed by atoms with Crippen LogP contribution in [0.2, 0.25) is 0 Å². The second-order valence-electron chi connectivity index (χ2n) is 2.12. The second kappa shape index (κ2) is 7.32. The Labute approximate surface area is 121 Å². The van der Waals surface area contributed by atoms with Crippen LogP contribution in [0.5, 0.6) is 0 Å². The van der Waals surface area contributed by atoms with Gasteiger partial charge in [-0.15, -0.1) is 0 Å². The molecule has 0 saturated carbocycles. The summed E-state index contributed by atoms with van der Waals surface area (Å²) in [7, 11) is 0. The number of carbonyl (C=O) groups is 2. The van der Waals surface area contributed by atoms with Gasteiger partial charge in [0.2, 0.25) is 0 Å². The van der Waals surface area contributed by atoms with Crippen molar-refractivity contribution in [3.05, 3.63) is 35.4 Å². The van der Waals surface area contributed by atoms with Crippen LogP contribution in [0.4, 0.5) is 0 Å². The Morgan fingerprint density at radius 1 is 0.857 bits per heavy atom. The molecule has 14 heavy (non-hydrogen) atoms. The Bertz CT molecular complexity index is 305. The van der Waals surface area contributed by atoms with Gasteiger partial charge in [-0.1, -0.05) is 24.3 Å². The summed E-state index contributed by atoms with van der Waals surface area (Å²) in [6, 6.07) is 5.14. The Hall–Kier alpha value is 0.00416. The summed E-state index contributed by atoms with van der Waals surface area (Å²) in [4.78, 5) is 20.6. The van der Waals surface area contributed by atoms with E-state index in [0.29, 0.717) is 0 Å². The van der Waals surface area contributed by atoms with Crippen molar-refractivity contribution in [3.63, 3.8) is 0 Å². The first-order chi connectivity index (χ1) is 5.63. The summed E-state index contributed by atoms with van der Waals surface area (Å²) in [5, 5.41) is 20.6. The van der Waals surface area contributed by atoms with E-state index in [1.165, 1.54) is 12.1 Å². The van der Waals surface area contributed by atoms with Crippen molar-refractivity contribution in [1.29, 1.82) is 0 Å². The van der Waals surface area contributed by atoms with Gasteiger partial charge in [-0.3, -0.25) is 0 Å². The summed E-state index contributed by atoms with van der Waals surface area (Å²) in [6.07, 6.45) is 0. The number of carbonyl (C=O) groups excluding carboxylic acids is 2. The molecule has 0 spiro atoms. The van der Waals surface area contributed by atoms with Crippen LogP contribution in [0.3, 0.4) is 0 Å². The van der Waals surface area contributed by atoms with Gasteiger partial charge in [-0.05, 0) is 0 Å². The van der Waals surface area contributed by atoms with E-state index < -0.39 is 11.9 Å². The number of rotatable bonds is 2. The standard InChI is InChI=1S/C8H6O4.2Tl/c9-7(10)5-3-1-2-4-6(5)8(11)12;;/h1-4H,(H,9,10)(H,11,12);;/q;2*+1/p-2. The summed E-state index contributed by atoms with van der Waals surface area (Å²) < 4.78 is 0. The minimum absolute atomic E-state index is 0. The molecule has 0 fully saturated rings. The maximum atomic E-state index is 10.3. The van der Waals surface area contributed by atoms with Crippen LogP contribution in [0.25, 0.3) is 0 Å². The van der Waals surface area contributed by atoms with Gasteiger partial charge in [0.1, 0.15) is 0 Å². The number of carboxylic acids is 2. The third kappa shape index (κ3) is 4.02. The Balaban J connectivity index is 0. The van der Waals surface area contributed by atoms with E-state index in [4.69, 9.17) is 0 Å². The molecule has 4 nitrogen and oxygen atoms in total. The minimum Gasteiger partial charge on any atom is -0.545 e. The van der Waals surface area contributed by atoms with Crippen LogP contribution in [0.1, 0.15) is 20.7 Å². The number of carboxylic acid groups (broad SMARTS) is 2. The zero-order valence-electron chi connectivity index (χ0n) is 7.10. The second-order valence-corrected chi connectivity index (χ2v) is 2.12. The van der Waals surface area contributed by atoms with E-state index in [9.17, 15) is 19.8 Å². The van der Waals surface area contributed by atoms with Crippen molar-refractivity contribution < 1.29 is 19.8 Å². The van der Waals surface area contributed by atoms with Gasteiger partial charge >= 0.3 is 54.6 Å². The molecule has 1 rings (SSSR count). The molecule has 0 aliphatic carbocycles. The Morgan fingerprint density at radius 3 is 1.36 bits per heavy atom. The van der Waals surface area contributed by atoms with Crippen LogP contribution >= 0.6 is 0 Å². The van der Waals surface area contributed by atoms with E-state index >= 15 is 0 Å². The maximum Gasteiger partial charge on any atom is 1.00 e. The van der Waals surface area contributed by atoms with Crippen LogP contribution < -0.4 is 10.2 Å². The topological polar surface area (TPSA) is 80.3 Å². The molecule has 1 aromatic carbocycles. The van der Waals surface area contributed by atoms with Crippen molar-refractivity contribution >= 4 is 66.5 Å². The molecule has 0 bridgehead atoms. The van der Waals surface area contributed by atoms with E-state index in [0.717, 1.165) is 12.1 Å². The molecule has 0 aromatic heterocycles. The predicted molar refractivity (Wildman–Crippen MR) is 46.6 cm³/mol. The molecule has 0 unspecified atom stereocenters. The van der Waals surface area contributed by atoms with Crippen molar-refractivity contribution in [2.24, 2.45) is 0 Å². The van der Waals surface area contributed by atoms with Crippen LogP contribution in [0.15, 0.2) is 24.3 Å². The fourth-order valence-corrected chi connectivity index (χ4v) is 0.839. The zero-order valence-corrected chi connectivity index (χ0v) is 16.1. The van der Waals surface area contributed by atoms with Gasteiger partial charge in [0.25, 0.3) is 0 Å². The quantitative estimate of drug-likeness (QED) is 0.372. The third-order valence-corrected chi connectivity index (χ3v) is 1.37. The number of hydrogen-bond donors (Lipinski definition) is 0. The molecule has 0 N–H and O–H groups in total. The molecule has 0 aliphatic rings. The van der Waals surface area contributed by atoms with Crippen molar-refractivity contribution in [1.82, 2.24) is 0 Å². The van der Waals surface area contributed by atoms with Gasteiger partial charge in [0.05, 0.1) is 11.9 Å². The van der Waals surface area contributed by atoms with Gasteiger partial charge < -0.3 is 19.8 Å². The average molecular weight is 573 g/mol. The summed E-state index contributed by atoms with van der Waals surface area (Å²) in [5.74, 6) is -3.04. The molecule has 6 heteroatoms. The number of benzene rings is 1. The van der Waals surface area contributed by atoms with E-state index in [1.807, 2.05) is 0 Å². The molecule has 0 atom stereocenters. The number of hydrogen-bond acceptors (Lipinski definition) is 4. The Morgan fingerprint density at radius 2 is 1.14 bits per heavy atom. The predicted octanol–water partition coefficient (Wildman–Crippen LogP) is -2.35. The largest absolute Gasteiger partial charge is 1.00 e. The van der Waals surface area contributed by atoms with Crippen LogP contribution in [-0.4, -0.2) is 66.5 Å². The first kappa shape index (κ1) is 16.4. The normalized spacial score (nSPS) is 8.00. The fraction of sp³-hybridized carbons (Fsp3) is 0. The molecule has 0 heterocycles. The van der Waals surface area contributed by atoms with Crippen molar-refractivity contribution in [2.75, 3.05) is 0 Å². The van der Waals surface area contributed by atoms with Gasteiger partial charge in [-0.25, -0.2) is 0 Å². The van der Waals surface area contributed by atoms with E-state index in [2.05, 4.69) is 0 Å². The molecule has 0 saturated heterocycles. The van der Waals surface area contributed by atoms with Crippen LogP contribution in [-0.2, 0) is 0 Å². The summed E-state index contributed by atoms with van der Waals surface area (Å²) in [5.41, 5.74) is -0.727. The zero-order chi connectivity index (χ0) is 9.14. The summed E-state index contributed by atoms with van der Waals surface area (Å²) >= 11 is 0. The average Bonchev–Trinajstić information content (AvgIpc) is 2.04. The molecule has 0 aliphatic heterocycles. The molecular weight excluding hydrogens is 569 g/mol. The molecule has 1 aromatic rings. The van der Waals surface area contributed by atoms with Gasteiger partial charge in [0.15, 0.2) is 0 Å². The first-order valence-corrected chi connectivity index (χ1v) is 3.14. The minimum atomic E-state index is -1.52. The van der Waals surface area contributed by atoms with Gasteiger partial charge in [0, 0.05) is 11.1 Å².